The molecule has 0 aliphatic carbocycles. The summed E-state index contributed by atoms with van der Waals surface area (Å²) in [5.41, 5.74) is 0.860. The molecule has 0 saturated carbocycles. The molecule has 0 bridgehead atoms. The van der Waals surface area contributed by atoms with E-state index in [-0.39, 0.29) is 24.6 Å². The van der Waals surface area contributed by atoms with Crippen LogP contribution < -0.4 is 9.64 Å². The summed E-state index contributed by atoms with van der Waals surface area (Å²) in [6, 6.07) is 7.37. The maximum Gasteiger partial charge on any atom is 0.355 e. The Kier molecular flexibility index (Phi) is 7.48. The summed E-state index contributed by atoms with van der Waals surface area (Å²) >= 11 is 0. The molecule has 0 spiro atoms. The number of piperidine rings is 1. The number of hydrogen-bond acceptors (Lipinski definition) is 8. The van der Waals surface area contributed by atoms with Crippen LogP contribution in [0.3, 0.4) is 0 Å². The van der Waals surface area contributed by atoms with E-state index < -0.39 is 11.9 Å². The number of rotatable bonds is 7. The van der Waals surface area contributed by atoms with Gasteiger partial charge >= 0.3 is 11.9 Å². The molecular formula is C21H28N2O6. The summed E-state index contributed by atoms with van der Waals surface area (Å²) in [5, 5.41) is 0. The number of benzene rings is 1. The minimum atomic E-state index is -0.628. The first kappa shape index (κ1) is 21.1. The molecule has 2 aliphatic heterocycles. The molecule has 1 aromatic carbocycles. The predicted molar refractivity (Wildman–Crippen MR) is 107 cm³/mol. The summed E-state index contributed by atoms with van der Waals surface area (Å²) in [6.07, 6.45) is 3.75. The first-order valence-electron chi connectivity index (χ1n) is 9.85. The fourth-order valence-corrected chi connectivity index (χ4v) is 3.60. The number of carbonyl (C=O) groups is 2. The average molecular weight is 404 g/mol. The van der Waals surface area contributed by atoms with Gasteiger partial charge in [0.15, 0.2) is 0 Å². The Bertz CT molecular complexity index is 757. The topological polar surface area (TPSA) is 77.5 Å². The Balaban J connectivity index is 1.82. The lowest BCUT2D eigenvalue weighted by Crippen LogP contribution is -2.39. The van der Waals surface area contributed by atoms with Gasteiger partial charge in [0.2, 0.25) is 0 Å². The van der Waals surface area contributed by atoms with Crippen LogP contribution in [0.15, 0.2) is 35.5 Å². The van der Waals surface area contributed by atoms with Crippen LogP contribution in [0.2, 0.25) is 0 Å². The standard InChI is InChI=1S/C21H28N2O6/c1-26-20(24)16-14-28-15-23(19(16)21(25)27-2)17-8-4-5-9-18(17)29-13-12-22-10-6-3-7-11-22/h4-5,8-9H,3,6-7,10-15H2,1-2H3. The van der Waals surface area contributed by atoms with E-state index in [1.54, 1.807) is 4.90 Å². The SMILES string of the molecule is COC(=O)C1=C(C(=O)OC)N(c2ccccc2OCCN2CCCCC2)COC1. The number of para-hydroxylation sites is 2. The highest BCUT2D eigenvalue weighted by molar-refractivity contribution is 6.03. The van der Waals surface area contributed by atoms with Crippen molar-refractivity contribution in [3.63, 3.8) is 0 Å². The lowest BCUT2D eigenvalue weighted by Gasteiger charge is -2.32. The normalized spacial score (nSPS) is 17.8. The number of esters is 2. The Hall–Kier alpha value is -2.58. The highest BCUT2D eigenvalue weighted by Crippen LogP contribution is 2.34. The van der Waals surface area contributed by atoms with Crippen molar-refractivity contribution in [2.24, 2.45) is 0 Å². The van der Waals surface area contributed by atoms with Crippen molar-refractivity contribution in [2.75, 3.05) is 58.7 Å². The van der Waals surface area contributed by atoms with Gasteiger partial charge in [-0.1, -0.05) is 18.6 Å². The van der Waals surface area contributed by atoms with Gasteiger partial charge in [-0.05, 0) is 38.1 Å². The van der Waals surface area contributed by atoms with Crippen molar-refractivity contribution in [2.45, 2.75) is 19.3 Å². The van der Waals surface area contributed by atoms with E-state index in [1.807, 2.05) is 24.3 Å². The molecule has 1 saturated heterocycles. The zero-order chi connectivity index (χ0) is 20.6. The minimum absolute atomic E-state index is 0.0222. The maximum atomic E-state index is 12.5. The molecule has 1 aromatic rings. The van der Waals surface area contributed by atoms with Crippen molar-refractivity contribution in [1.29, 1.82) is 0 Å². The van der Waals surface area contributed by atoms with Crippen LogP contribution in [0.5, 0.6) is 5.75 Å². The Morgan fingerprint density at radius 1 is 1.03 bits per heavy atom. The maximum absolute atomic E-state index is 12.5. The number of carbonyl (C=O) groups excluding carboxylic acids is 2. The van der Waals surface area contributed by atoms with Gasteiger partial charge in [-0.2, -0.15) is 0 Å². The largest absolute Gasteiger partial charge is 0.490 e. The zero-order valence-electron chi connectivity index (χ0n) is 17.0. The minimum Gasteiger partial charge on any atom is -0.490 e. The molecule has 0 N–H and O–H groups in total. The molecule has 0 unspecified atom stereocenters. The summed E-state index contributed by atoms with van der Waals surface area (Å²) in [4.78, 5) is 28.6. The lowest BCUT2D eigenvalue weighted by atomic mass is 10.1. The first-order valence-corrected chi connectivity index (χ1v) is 9.85. The second-order valence-electron chi connectivity index (χ2n) is 6.93. The average Bonchev–Trinajstić information content (AvgIpc) is 2.78. The van der Waals surface area contributed by atoms with E-state index in [0.717, 1.165) is 19.6 Å². The molecule has 1 fully saturated rings. The molecule has 0 radical (unpaired) electrons. The quantitative estimate of drug-likeness (QED) is 0.638. The van der Waals surface area contributed by atoms with Crippen molar-refractivity contribution in [3.05, 3.63) is 35.5 Å². The molecule has 0 aromatic heterocycles. The van der Waals surface area contributed by atoms with Crippen LogP contribution in [0.4, 0.5) is 5.69 Å². The van der Waals surface area contributed by atoms with Gasteiger partial charge in [0.1, 0.15) is 24.8 Å². The second-order valence-corrected chi connectivity index (χ2v) is 6.93. The first-order chi connectivity index (χ1) is 14.2. The summed E-state index contributed by atoms with van der Waals surface area (Å²) in [6.45, 7) is 3.65. The Morgan fingerprint density at radius 3 is 2.48 bits per heavy atom. The van der Waals surface area contributed by atoms with Gasteiger partial charge < -0.3 is 23.8 Å². The van der Waals surface area contributed by atoms with Gasteiger partial charge in [-0.3, -0.25) is 4.90 Å². The van der Waals surface area contributed by atoms with Crippen LogP contribution in [0, 0.1) is 0 Å². The van der Waals surface area contributed by atoms with Crippen molar-refractivity contribution >= 4 is 17.6 Å². The molecule has 0 atom stereocenters. The predicted octanol–water partition coefficient (Wildman–Crippen LogP) is 1.95. The molecule has 0 amide bonds. The molecule has 3 rings (SSSR count). The second kappa shape index (κ2) is 10.3. The monoisotopic (exact) mass is 404 g/mol. The van der Waals surface area contributed by atoms with Crippen LogP contribution in [-0.2, 0) is 23.8 Å². The van der Waals surface area contributed by atoms with Gasteiger partial charge in [0.05, 0.1) is 32.1 Å². The smallest absolute Gasteiger partial charge is 0.355 e. The Morgan fingerprint density at radius 2 is 1.76 bits per heavy atom. The number of methoxy groups -OCH3 is 2. The molecule has 8 nitrogen and oxygen atoms in total. The molecule has 2 aliphatic rings. The molecule has 158 valence electrons. The molecule has 2 heterocycles. The van der Waals surface area contributed by atoms with Crippen molar-refractivity contribution < 1.29 is 28.5 Å². The lowest BCUT2D eigenvalue weighted by molar-refractivity contribution is -0.140. The molecular weight excluding hydrogens is 376 g/mol. The van der Waals surface area contributed by atoms with Gasteiger partial charge in [-0.25, -0.2) is 9.59 Å². The third-order valence-electron chi connectivity index (χ3n) is 5.10. The number of hydrogen-bond donors (Lipinski definition) is 0. The van der Waals surface area contributed by atoms with Crippen LogP contribution in [-0.4, -0.2) is 70.6 Å². The number of anilines is 1. The third kappa shape index (κ3) is 5.07. The summed E-state index contributed by atoms with van der Waals surface area (Å²) in [5.74, 6) is -0.643. The van der Waals surface area contributed by atoms with Crippen molar-refractivity contribution in [3.8, 4) is 5.75 Å². The highest BCUT2D eigenvalue weighted by Gasteiger charge is 2.33. The molecule has 29 heavy (non-hydrogen) atoms. The van der Waals surface area contributed by atoms with Crippen LogP contribution in [0.25, 0.3) is 0 Å². The van der Waals surface area contributed by atoms with Gasteiger partial charge in [0.25, 0.3) is 0 Å². The van der Waals surface area contributed by atoms with E-state index in [2.05, 4.69) is 4.90 Å². The number of ether oxygens (including phenoxy) is 4. The van der Waals surface area contributed by atoms with E-state index in [1.165, 1.54) is 33.5 Å². The number of likely N-dealkylation sites (tertiary alicyclic amines) is 1. The van der Waals surface area contributed by atoms with E-state index >= 15 is 0 Å². The summed E-state index contributed by atoms with van der Waals surface area (Å²) < 4.78 is 21.3. The Labute approximate surface area is 171 Å². The fraction of sp³-hybridized carbons (Fsp3) is 0.524. The van der Waals surface area contributed by atoms with Crippen molar-refractivity contribution in [1.82, 2.24) is 4.90 Å². The number of nitrogens with zero attached hydrogens (tertiary/aromatic N) is 2. The van der Waals surface area contributed by atoms with Gasteiger partial charge in [0, 0.05) is 6.54 Å². The van der Waals surface area contributed by atoms with Crippen LogP contribution in [0.1, 0.15) is 19.3 Å². The van der Waals surface area contributed by atoms with E-state index in [4.69, 9.17) is 18.9 Å². The third-order valence-corrected chi connectivity index (χ3v) is 5.10. The molecule has 8 heteroatoms. The van der Waals surface area contributed by atoms with E-state index in [0.29, 0.717) is 18.0 Å². The zero-order valence-corrected chi connectivity index (χ0v) is 17.0. The fourth-order valence-electron chi connectivity index (χ4n) is 3.60. The van der Waals surface area contributed by atoms with Gasteiger partial charge in [-0.15, -0.1) is 0 Å². The van der Waals surface area contributed by atoms with E-state index in [9.17, 15) is 9.59 Å². The van der Waals surface area contributed by atoms with Crippen LogP contribution >= 0.6 is 0 Å². The highest BCUT2D eigenvalue weighted by atomic mass is 16.5. The summed E-state index contributed by atoms with van der Waals surface area (Å²) in [7, 11) is 2.54.